The Kier molecular flexibility index (Phi) is 6.12. The summed E-state index contributed by atoms with van der Waals surface area (Å²) in [7, 11) is 0. The van der Waals surface area contributed by atoms with Crippen LogP contribution in [0.25, 0.3) is 6.08 Å². The van der Waals surface area contributed by atoms with Gasteiger partial charge in [-0.05, 0) is 35.8 Å². The predicted molar refractivity (Wildman–Crippen MR) is 89.5 cm³/mol. The summed E-state index contributed by atoms with van der Waals surface area (Å²) >= 11 is 0. The molecule has 0 spiro atoms. The fourth-order valence-electron chi connectivity index (χ4n) is 2.12. The Labute approximate surface area is 135 Å². The standard InChI is InChI=1S/C19H19NO3/c1-2-8-15-9-6-7-10-16(15)13-14-18(21)20-23-19(22)17-11-4-3-5-12-17/h3-7,9-14H,2,8H2,1H3,(H,20,21). The quantitative estimate of drug-likeness (QED) is 0.679. The summed E-state index contributed by atoms with van der Waals surface area (Å²) in [4.78, 5) is 28.2. The van der Waals surface area contributed by atoms with Gasteiger partial charge in [0.05, 0.1) is 5.56 Å². The molecule has 2 aromatic carbocycles. The Morgan fingerprint density at radius 3 is 2.48 bits per heavy atom. The zero-order valence-corrected chi connectivity index (χ0v) is 13.0. The van der Waals surface area contributed by atoms with E-state index in [2.05, 4.69) is 12.4 Å². The normalized spacial score (nSPS) is 10.5. The molecule has 2 aromatic rings. The van der Waals surface area contributed by atoms with Gasteiger partial charge in [0.2, 0.25) is 0 Å². The zero-order valence-electron chi connectivity index (χ0n) is 13.0. The minimum absolute atomic E-state index is 0.380. The van der Waals surface area contributed by atoms with E-state index in [0.29, 0.717) is 5.56 Å². The van der Waals surface area contributed by atoms with Crippen LogP contribution in [0.3, 0.4) is 0 Å². The number of aryl methyl sites for hydroxylation is 1. The summed E-state index contributed by atoms with van der Waals surface area (Å²) in [6.45, 7) is 2.11. The first-order chi connectivity index (χ1) is 11.2. The van der Waals surface area contributed by atoms with Crippen molar-refractivity contribution in [2.75, 3.05) is 0 Å². The summed E-state index contributed by atoms with van der Waals surface area (Å²) in [6, 6.07) is 16.4. The van der Waals surface area contributed by atoms with Crippen molar-refractivity contribution in [2.24, 2.45) is 0 Å². The summed E-state index contributed by atoms with van der Waals surface area (Å²) in [5.74, 6) is -1.08. The lowest BCUT2D eigenvalue weighted by atomic mass is 10.0. The number of hydroxylamine groups is 1. The van der Waals surface area contributed by atoms with Crippen molar-refractivity contribution in [1.29, 1.82) is 0 Å². The first-order valence-electron chi connectivity index (χ1n) is 7.53. The average Bonchev–Trinajstić information content (AvgIpc) is 2.60. The molecule has 0 radical (unpaired) electrons. The van der Waals surface area contributed by atoms with Crippen LogP contribution in [0.2, 0.25) is 0 Å². The molecule has 4 heteroatoms. The number of amides is 1. The van der Waals surface area contributed by atoms with Gasteiger partial charge >= 0.3 is 5.97 Å². The predicted octanol–water partition coefficient (Wildman–Crippen LogP) is 3.54. The van der Waals surface area contributed by atoms with Crippen LogP contribution in [0.15, 0.2) is 60.7 Å². The van der Waals surface area contributed by atoms with Gasteiger partial charge in [-0.3, -0.25) is 4.79 Å². The van der Waals surface area contributed by atoms with Crippen LogP contribution in [0, 0.1) is 0 Å². The van der Waals surface area contributed by atoms with Gasteiger partial charge in [-0.25, -0.2) is 4.79 Å². The molecule has 0 atom stereocenters. The summed E-state index contributed by atoms with van der Waals surface area (Å²) < 4.78 is 0. The summed E-state index contributed by atoms with van der Waals surface area (Å²) in [6.07, 6.45) is 5.06. The molecule has 0 heterocycles. The third kappa shape index (κ3) is 5.11. The number of benzene rings is 2. The van der Waals surface area contributed by atoms with Gasteiger partial charge in [-0.2, -0.15) is 5.48 Å². The highest BCUT2D eigenvalue weighted by Gasteiger charge is 2.07. The summed E-state index contributed by atoms with van der Waals surface area (Å²) in [5.41, 5.74) is 4.67. The Bertz CT molecular complexity index is 693. The van der Waals surface area contributed by atoms with Crippen LogP contribution in [-0.4, -0.2) is 11.9 Å². The molecule has 0 fully saturated rings. The molecule has 23 heavy (non-hydrogen) atoms. The van der Waals surface area contributed by atoms with Gasteiger partial charge in [-0.15, -0.1) is 0 Å². The maximum atomic E-state index is 11.7. The molecule has 0 saturated carbocycles. The number of nitrogens with one attached hydrogen (secondary N) is 1. The van der Waals surface area contributed by atoms with E-state index in [9.17, 15) is 9.59 Å². The first-order valence-corrected chi connectivity index (χ1v) is 7.53. The number of hydrogen-bond donors (Lipinski definition) is 1. The van der Waals surface area contributed by atoms with Crippen LogP contribution >= 0.6 is 0 Å². The van der Waals surface area contributed by atoms with E-state index in [1.54, 1.807) is 36.4 Å². The second kappa shape index (κ2) is 8.54. The number of hydrogen-bond acceptors (Lipinski definition) is 3. The number of carbonyl (C=O) groups is 2. The molecule has 118 valence electrons. The minimum atomic E-state index is -0.598. The first kappa shape index (κ1) is 16.5. The zero-order chi connectivity index (χ0) is 16.5. The molecule has 0 aliphatic carbocycles. The molecule has 2 rings (SSSR count). The van der Waals surface area contributed by atoms with Crippen LogP contribution in [-0.2, 0) is 16.1 Å². The second-order valence-electron chi connectivity index (χ2n) is 5.00. The molecule has 1 N–H and O–H groups in total. The molecule has 0 saturated heterocycles. The van der Waals surface area contributed by atoms with Crippen LogP contribution < -0.4 is 5.48 Å². The van der Waals surface area contributed by atoms with Gasteiger partial charge in [0.1, 0.15) is 0 Å². The lowest BCUT2D eigenvalue weighted by molar-refractivity contribution is -0.124. The third-order valence-electron chi connectivity index (χ3n) is 3.24. The van der Waals surface area contributed by atoms with E-state index in [1.807, 2.05) is 24.3 Å². The van der Waals surface area contributed by atoms with Crippen LogP contribution in [0.4, 0.5) is 0 Å². The Morgan fingerprint density at radius 1 is 1.04 bits per heavy atom. The fraction of sp³-hybridized carbons (Fsp3) is 0.158. The van der Waals surface area contributed by atoms with Crippen molar-refractivity contribution in [2.45, 2.75) is 19.8 Å². The Hall–Kier alpha value is -2.88. The summed E-state index contributed by atoms with van der Waals surface area (Å²) in [5, 5.41) is 0. The van der Waals surface area contributed by atoms with Crippen LogP contribution in [0.1, 0.15) is 34.8 Å². The second-order valence-corrected chi connectivity index (χ2v) is 5.00. The smallest absolute Gasteiger partial charge is 0.335 e. The van der Waals surface area contributed by atoms with Crippen molar-refractivity contribution in [3.05, 3.63) is 77.4 Å². The van der Waals surface area contributed by atoms with E-state index in [0.717, 1.165) is 18.4 Å². The highest BCUT2D eigenvalue weighted by atomic mass is 16.7. The number of carbonyl (C=O) groups excluding carboxylic acids is 2. The maximum absolute atomic E-state index is 11.7. The topological polar surface area (TPSA) is 55.4 Å². The van der Waals surface area contributed by atoms with E-state index >= 15 is 0 Å². The van der Waals surface area contributed by atoms with Crippen molar-refractivity contribution in [3.63, 3.8) is 0 Å². The molecule has 0 aliphatic heterocycles. The molecule has 0 unspecified atom stereocenters. The highest BCUT2D eigenvalue weighted by Crippen LogP contribution is 2.12. The minimum Gasteiger partial charge on any atom is -0.335 e. The van der Waals surface area contributed by atoms with Gasteiger partial charge in [-0.1, -0.05) is 55.8 Å². The molecule has 0 aliphatic rings. The molecule has 0 bridgehead atoms. The number of rotatable bonds is 5. The SMILES string of the molecule is CCCc1ccccc1C=CC(=O)NOC(=O)c1ccccc1. The molecule has 4 nitrogen and oxygen atoms in total. The lowest BCUT2D eigenvalue weighted by Crippen LogP contribution is -2.25. The lowest BCUT2D eigenvalue weighted by Gasteiger charge is -2.05. The van der Waals surface area contributed by atoms with Gasteiger partial charge in [0.15, 0.2) is 0 Å². The van der Waals surface area contributed by atoms with E-state index in [1.165, 1.54) is 11.6 Å². The molecule has 1 amide bonds. The van der Waals surface area contributed by atoms with Crippen molar-refractivity contribution in [3.8, 4) is 0 Å². The van der Waals surface area contributed by atoms with Crippen molar-refractivity contribution < 1.29 is 14.4 Å². The molecule has 0 aromatic heterocycles. The van der Waals surface area contributed by atoms with Gasteiger partial charge in [0.25, 0.3) is 5.91 Å². The fourth-order valence-corrected chi connectivity index (χ4v) is 2.12. The highest BCUT2D eigenvalue weighted by molar-refractivity contribution is 5.94. The largest absolute Gasteiger partial charge is 0.362 e. The third-order valence-corrected chi connectivity index (χ3v) is 3.24. The van der Waals surface area contributed by atoms with Gasteiger partial charge in [0, 0.05) is 6.08 Å². The van der Waals surface area contributed by atoms with Crippen molar-refractivity contribution in [1.82, 2.24) is 5.48 Å². The van der Waals surface area contributed by atoms with Crippen LogP contribution in [0.5, 0.6) is 0 Å². The van der Waals surface area contributed by atoms with Crippen molar-refractivity contribution >= 4 is 18.0 Å². The van der Waals surface area contributed by atoms with E-state index < -0.39 is 11.9 Å². The van der Waals surface area contributed by atoms with E-state index in [-0.39, 0.29) is 0 Å². The molecular formula is C19H19NO3. The maximum Gasteiger partial charge on any atom is 0.362 e. The Balaban J connectivity index is 1.91. The monoisotopic (exact) mass is 309 g/mol. The Morgan fingerprint density at radius 2 is 1.74 bits per heavy atom. The van der Waals surface area contributed by atoms with Gasteiger partial charge < -0.3 is 4.84 Å². The molecular weight excluding hydrogens is 290 g/mol. The van der Waals surface area contributed by atoms with E-state index in [4.69, 9.17) is 4.84 Å². The average molecular weight is 309 g/mol.